The van der Waals surface area contributed by atoms with Crippen molar-refractivity contribution in [3.8, 4) is 0 Å². The van der Waals surface area contributed by atoms with Gasteiger partial charge < -0.3 is 4.90 Å². The van der Waals surface area contributed by atoms with Crippen molar-refractivity contribution in [1.29, 1.82) is 0 Å². The first kappa shape index (κ1) is 25.1. The van der Waals surface area contributed by atoms with Gasteiger partial charge in [-0.3, -0.25) is 19.8 Å². The van der Waals surface area contributed by atoms with Crippen LogP contribution in [0, 0.1) is 13.8 Å². The molecule has 2 aromatic carbocycles. The molecule has 2 aliphatic heterocycles. The van der Waals surface area contributed by atoms with Crippen LogP contribution in [0.25, 0.3) is 11.6 Å². The highest BCUT2D eigenvalue weighted by Gasteiger charge is 2.35. The van der Waals surface area contributed by atoms with Crippen LogP contribution in [0.3, 0.4) is 0 Å². The highest BCUT2D eigenvalue weighted by Crippen LogP contribution is 2.42. The minimum atomic E-state index is -0.533. The quantitative estimate of drug-likeness (QED) is 0.304. The average molecular weight is 508 g/mol. The van der Waals surface area contributed by atoms with Crippen LogP contribution in [0.2, 0.25) is 5.02 Å². The first-order valence-electron chi connectivity index (χ1n) is 11.7. The number of carbonyl (C=O) groups excluding carboxylic acids is 2. The number of nitrogens with zero attached hydrogens (tertiary/aromatic N) is 2. The fourth-order valence-corrected chi connectivity index (χ4v) is 5.26. The molecule has 0 aliphatic carbocycles. The monoisotopic (exact) mass is 507 g/mol. The Morgan fingerprint density at radius 3 is 2.46 bits per heavy atom. The number of fused-ring (bicyclic) bond motifs is 1. The molecular weight excluding hydrogens is 478 g/mol. The molecule has 5 nitrogen and oxygen atoms in total. The van der Waals surface area contributed by atoms with E-state index < -0.39 is 11.8 Å². The van der Waals surface area contributed by atoms with E-state index in [2.05, 4.69) is 44.0 Å². The number of amides is 2. The van der Waals surface area contributed by atoms with Gasteiger partial charge in [-0.05, 0) is 106 Å². The number of carbonyl (C=O) groups is 2. The summed E-state index contributed by atoms with van der Waals surface area (Å²) in [6.45, 7) is 13.5. The molecule has 7 heteroatoms. The van der Waals surface area contributed by atoms with Gasteiger partial charge in [0.05, 0.1) is 11.2 Å². The maximum atomic E-state index is 13.5. The predicted molar refractivity (Wildman–Crippen MR) is 149 cm³/mol. The lowest BCUT2D eigenvalue weighted by Crippen LogP contribution is -2.54. The van der Waals surface area contributed by atoms with Gasteiger partial charge in [0.25, 0.3) is 11.8 Å². The van der Waals surface area contributed by atoms with Crippen molar-refractivity contribution in [2.45, 2.75) is 53.5 Å². The number of aryl methyl sites for hydroxylation is 2. The van der Waals surface area contributed by atoms with Crippen molar-refractivity contribution in [3.63, 3.8) is 0 Å². The lowest BCUT2D eigenvalue weighted by Gasteiger charge is -2.43. The summed E-state index contributed by atoms with van der Waals surface area (Å²) >= 11 is 12.1. The van der Waals surface area contributed by atoms with Gasteiger partial charge in [-0.1, -0.05) is 30.7 Å². The molecule has 0 atom stereocenters. The van der Waals surface area contributed by atoms with E-state index in [-0.39, 0.29) is 16.2 Å². The smallest absolute Gasteiger partial charge is 0.270 e. The average Bonchev–Trinajstić information content (AvgIpc) is 2.76. The standard InChI is InChI=1S/C28H30ClN3O2S/c1-7-10-31-24-14-23(29)19(12-21(24)18(4)15-28(31,5)6)13-22-25(33)30-27(35)32(26(22)34)20-9-8-16(2)17(3)11-20/h8-9,11-15H,7,10H2,1-6H3,(H,30,33,35)/b22-13-. The summed E-state index contributed by atoms with van der Waals surface area (Å²) in [6.07, 6.45) is 4.81. The van der Waals surface area contributed by atoms with Gasteiger partial charge in [0.15, 0.2) is 5.11 Å². The molecule has 2 amide bonds. The Hall–Kier alpha value is -2.96. The summed E-state index contributed by atoms with van der Waals surface area (Å²) in [5.74, 6) is -1.01. The predicted octanol–water partition coefficient (Wildman–Crippen LogP) is 6.20. The summed E-state index contributed by atoms with van der Waals surface area (Å²) in [7, 11) is 0. The van der Waals surface area contributed by atoms with E-state index in [1.807, 2.05) is 44.2 Å². The Labute approximate surface area is 217 Å². The minimum Gasteiger partial charge on any atom is -0.362 e. The number of hydrogen-bond acceptors (Lipinski definition) is 4. The lowest BCUT2D eigenvalue weighted by molar-refractivity contribution is -0.122. The number of thiocarbonyl (C=S) groups is 1. The molecule has 0 bridgehead atoms. The Morgan fingerprint density at radius 1 is 1.09 bits per heavy atom. The Bertz CT molecular complexity index is 1330. The lowest BCUT2D eigenvalue weighted by atomic mass is 9.87. The molecule has 0 aromatic heterocycles. The normalized spacial score (nSPS) is 18.5. The van der Waals surface area contributed by atoms with Gasteiger partial charge in [-0.2, -0.15) is 0 Å². The number of allylic oxidation sites excluding steroid dienone is 1. The van der Waals surface area contributed by atoms with Gasteiger partial charge in [0, 0.05) is 22.8 Å². The van der Waals surface area contributed by atoms with Crippen molar-refractivity contribution in [2.75, 3.05) is 16.3 Å². The molecule has 182 valence electrons. The maximum absolute atomic E-state index is 13.5. The van der Waals surface area contributed by atoms with E-state index in [4.69, 9.17) is 23.8 Å². The molecule has 4 rings (SSSR count). The zero-order valence-electron chi connectivity index (χ0n) is 21.0. The van der Waals surface area contributed by atoms with E-state index >= 15 is 0 Å². The van der Waals surface area contributed by atoms with E-state index in [0.717, 1.165) is 40.9 Å². The highest BCUT2D eigenvalue weighted by molar-refractivity contribution is 7.80. The second kappa shape index (κ2) is 9.25. The van der Waals surface area contributed by atoms with Gasteiger partial charge in [-0.15, -0.1) is 0 Å². The molecule has 1 N–H and O–H groups in total. The minimum absolute atomic E-state index is 0.0122. The SMILES string of the molecule is CCCN1c2cc(Cl)c(/C=C3/C(=O)NC(=S)N(c4ccc(C)c(C)c4)C3=O)cc2C(C)=CC1(C)C. The van der Waals surface area contributed by atoms with Gasteiger partial charge in [-0.25, -0.2) is 0 Å². The third-order valence-corrected chi connectivity index (χ3v) is 7.31. The van der Waals surface area contributed by atoms with Crippen LogP contribution in [0.5, 0.6) is 0 Å². The summed E-state index contributed by atoms with van der Waals surface area (Å²) < 4.78 is 0. The fraction of sp³-hybridized carbons (Fsp3) is 0.321. The highest BCUT2D eigenvalue weighted by atomic mass is 35.5. The van der Waals surface area contributed by atoms with E-state index in [1.54, 1.807) is 6.08 Å². The largest absolute Gasteiger partial charge is 0.362 e. The molecule has 0 spiro atoms. The molecule has 0 saturated carbocycles. The van der Waals surface area contributed by atoms with Crippen molar-refractivity contribution in [1.82, 2.24) is 5.32 Å². The number of rotatable bonds is 4. The van der Waals surface area contributed by atoms with Crippen LogP contribution in [-0.2, 0) is 9.59 Å². The Kier molecular flexibility index (Phi) is 6.64. The molecule has 2 aromatic rings. The van der Waals surface area contributed by atoms with Crippen LogP contribution in [0.15, 0.2) is 42.0 Å². The molecule has 2 heterocycles. The molecule has 2 aliphatic rings. The second-order valence-corrected chi connectivity index (χ2v) is 10.5. The Morgan fingerprint density at radius 2 is 1.80 bits per heavy atom. The third kappa shape index (κ3) is 4.53. The van der Waals surface area contributed by atoms with Crippen LogP contribution >= 0.6 is 23.8 Å². The molecule has 35 heavy (non-hydrogen) atoms. The summed E-state index contributed by atoms with van der Waals surface area (Å²) in [5.41, 5.74) is 6.43. The van der Waals surface area contributed by atoms with Crippen molar-refractivity contribution >= 4 is 63.8 Å². The summed E-state index contributed by atoms with van der Waals surface area (Å²) in [4.78, 5) is 30.0. The van der Waals surface area contributed by atoms with Crippen LogP contribution in [0.1, 0.15) is 56.4 Å². The second-order valence-electron chi connectivity index (χ2n) is 9.75. The summed E-state index contributed by atoms with van der Waals surface area (Å²) in [5, 5.41) is 3.20. The molecule has 0 radical (unpaired) electrons. The van der Waals surface area contributed by atoms with Gasteiger partial charge in [0.2, 0.25) is 0 Å². The van der Waals surface area contributed by atoms with Crippen molar-refractivity contribution < 1.29 is 9.59 Å². The van der Waals surface area contributed by atoms with Crippen LogP contribution in [-0.4, -0.2) is 29.0 Å². The van der Waals surface area contributed by atoms with Crippen LogP contribution < -0.4 is 15.1 Å². The third-order valence-electron chi connectivity index (χ3n) is 6.69. The van der Waals surface area contributed by atoms with Crippen LogP contribution in [0.4, 0.5) is 11.4 Å². The number of hydrogen-bond donors (Lipinski definition) is 1. The molecule has 0 unspecified atom stereocenters. The zero-order chi connectivity index (χ0) is 25.7. The number of anilines is 2. The number of halogens is 1. The van der Waals surface area contributed by atoms with E-state index in [0.29, 0.717) is 16.3 Å². The van der Waals surface area contributed by atoms with E-state index in [1.165, 1.54) is 4.90 Å². The van der Waals surface area contributed by atoms with Gasteiger partial charge >= 0.3 is 0 Å². The fourth-order valence-electron chi connectivity index (χ4n) is 4.77. The number of benzene rings is 2. The first-order valence-corrected chi connectivity index (χ1v) is 12.5. The maximum Gasteiger partial charge on any atom is 0.270 e. The number of nitrogens with one attached hydrogen (secondary N) is 1. The summed E-state index contributed by atoms with van der Waals surface area (Å²) in [6, 6.07) is 9.54. The molecular formula is C28H30ClN3O2S. The van der Waals surface area contributed by atoms with Crippen molar-refractivity contribution in [2.24, 2.45) is 0 Å². The van der Waals surface area contributed by atoms with Crippen molar-refractivity contribution in [3.05, 3.63) is 69.3 Å². The topological polar surface area (TPSA) is 52.7 Å². The molecule has 1 saturated heterocycles. The van der Waals surface area contributed by atoms with E-state index in [9.17, 15) is 9.59 Å². The van der Waals surface area contributed by atoms with Gasteiger partial charge in [0.1, 0.15) is 5.57 Å². The Balaban J connectivity index is 1.79. The molecule has 1 fully saturated rings. The zero-order valence-corrected chi connectivity index (χ0v) is 22.5. The first-order chi connectivity index (χ1) is 16.4.